The van der Waals surface area contributed by atoms with Crippen LogP contribution in [0.1, 0.15) is 23.4 Å². The first-order valence-corrected chi connectivity index (χ1v) is 9.18. The molecule has 1 heterocycles. The largest absolute Gasteiger partial charge is 0.356 e. The van der Waals surface area contributed by atoms with Gasteiger partial charge < -0.3 is 10.6 Å². The molecule has 5 nitrogen and oxygen atoms in total. The Morgan fingerprint density at radius 2 is 1.96 bits per heavy atom. The number of halogens is 3. The number of rotatable bonds is 7. The summed E-state index contributed by atoms with van der Waals surface area (Å²) in [5.74, 6) is 0.543. The molecule has 0 amide bonds. The molecule has 2 aromatic rings. The standard InChI is InChI=1S/C18H25BrFN5.HI/c1-13-11-14(2)25(24-13)10-4-8-22-18(21-3)23-9-7-15-12-16(19)5-6-17(15)20;/h5-6,11-12H,4,7-10H2,1-3H3,(H2,21,22,23);1H. The molecular weight excluding hydrogens is 512 g/mol. The molecule has 0 aliphatic heterocycles. The summed E-state index contributed by atoms with van der Waals surface area (Å²) in [6.45, 7) is 6.34. The van der Waals surface area contributed by atoms with E-state index in [9.17, 15) is 4.39 Å². The maximum absolute atomic E-state index is 13.7. The summed E-state index contributed by atoms with van der Waals surface area (Å²) in [5, 5.41) is 10.9. The van der Waals surface area contributed by atoms with Crippen LogP contribution in [0.4, 0.5) is 4.39 Å². The van der Waals surface area contributed by atoms with Gasteiger partial charge in [0.2, 0.25) is 0 Å². The van der Waals surface area contributed by atoms with Crippen molar-refractivity contribution in [2.75, 3.05) is 20.1 Å². The van der Waals surface area contributed by atoms with Crippen molar-refractivity contribution in [1.29, 1.82) is 0 Å². The fraction of sp³-hybridized carbons (Fsp3) is 0.444. The lowest BCUT2D eigenvalue weighted by molar-refractivity contribution is 0.555. The second-order valence-electron chi connectivity index (χ2n) is 5.92. The first-order chi connectivity index (χ1) is 12.0. The molecule has 0 spiro atoms. The summed E-state index contributed by atoms with van der Waals surface area (Å²) < 4.78 is 16.6. The minimum Gasteiger partial charge on any atom is -0.356 e. The van der Waals surface area contributed by atoms with Crippen LogP contribution in [0.25, 0.3) is 0 Å². The second-order valence-corrected chi connectivity index (χ2v) is 6.83. The van der Waals surface area contributed by atoms with Gasteiger partial charge in [-0.2, -0.15) is 5.10 Å². The topological polar surface area (TPSA) is 54.2 Å². The zero-order valence-electron chi connectivity index (χ0n) is 15.4. The van der Waals surface area contributed by atoms with Crippen LogP contribution >= 0.6 is 39.9 Å². The Labute approximate surface area is 180 Å². The summed E-state index contributed by atoms with van der Waals surface area (Å²) in [4.78, 5) is 4.19. The summed E-state index contributed by atoms with van der Waals surface area (Å²) in [6.07, 6.45) is 1.54. The molecule has 26 heavy (non-hydrogen) atoms. The average Bonchev–Trinajstić information content (AvgIpc) is 2.90. The van der Waals surface area contributed by atoms with Gasteiger partial charge in [-0.15, -0.1) is 24.0 Å². The van der Waals surface area contributed by atoms with Crippen molar-refractivity contribution < 1.29 is 4.39 Å². The van der Waals surface area contributed by atoms with E-state index in [1.54, 1.807) is 13.1 Å². The molecule has 0 saturated heterocycles. The fourth-order valence-electron chi connectivity index (χ4n) is 2.61. The third-order valence-corrected chi connectivity index (χ3v) is 4.35. The van der Waals surface area contributed by atoms with E-state index in [0.717, 1.165) is 35.6 Å². The van der Waals surface area contributed by atoms with Gasteiger partial charge in [0.25, 0.3) is 0 Å². The second kappa shape index (κ2) is 11.5. The molecule has 0 aliphatic rings. The highest BCUT2D eigenvalue weighted by Crippen LogP contribution is 2.15. The molecule has 144 valence electrons. The van der Waals surface area contributed by atoms with Gasteiger partial charge in [0, 0.05) is 36.8 Å². The molecule has 2 N–H and O–H groups in total. The van der Waals surface area contributed by atoms with E-state index in [2.05, 4.69) is 49.6 Å². The van der Waals surface area contributed by atoms with Crippen LogP contribution in [-0.4, -0.2) is 35.9 Å². The van der Waals surface area contributed by atoms with Gasteiger partial charge in [0.05, 0.1) is 5.69 Å². The van der Waals surface area contributed by atoms with Crippen molar-refractivity contribution in [2.45, 2.75) is 33.2 Å². The lowest BCUT2D eigenvalue weighted by Gasteiger charge is -2.12. The number of aliphatic imine (C=N–C) groups is 1. The first kappa shape index (κ1) is 22.9. The third-order valence-electron chi connectivity index (χ3n) is 3.86. The quantitative estimate of drug-likeness (QED) is 0.244. The lowest BCUT2D eigenvalue weighted by Crippen LogP contribution is -2.39. The molecule has 0 unspecified atom stereocenters. The van der Waals surface area contributed by atoms with E-state index in [-0.39, 0.29) is 29.8 Å². The highest BCUT2D eigenvalue weighted by molar-refractivity contribution is 14.0. The number of aromatic nitrogens is 2. The van der Waals surface area contributed by atoms with E-state index in [0.29, 0.717) is 18.5 Å². The maximum Gasteiger partial charge on any atom is 0.190 e. The zero-order chi connectivity index (χ0) is 18.2. The Kier molecular flexibility index (Phi) is 10.1. The highest BCUT2D eigenvalue weighted by atomic mass is 127. The number of hydrogen-bond donors (Lipinski definition) is 2. The first-order valence-electron chi connectivity index (χ1n) is 8.39. The average molecular weight is 538 g/mol. The van der Waals surface area contributed by atoms with Crippen molar-refractivity contribution in [3.8, 4) is 0 Å². The van der Waals surface area contributed by atoms with Crippen molar-refractivity contribution >= 4 is 45.9 Å². The van der Waals surface area contributed by atoms with E-state index >= 15 is 0 Å². The maximum atomic E-state index is 13.7. The Morgan fingerprint density at radius 3 is 2.62 bits per heavy atom. The molecule has 0 bridgehead atoms. The van der Waals surface area contributed by atoms with Crippen LogP contribution in [0.5, 0.6) is 0 Å². The molecule has 2 rings (SSSR count). The number of guanidine groups is 1. The monoisotopic (exact) mass is 537 g/mol. The van der Waals surface area contributed by atoms with Crippen LogP contribution < -0.4 is 10.6 Å². The number of hydrogen-bond acceptors (Lipinski definition) is 2. The third kappa shape index (κ3) is 7.22. The van der Waals surface area contributed by atoms with Gasteiger partial charge in [0.1, 0.15) is 5.82 Å². The molecule has 0 fully saturated rings. The SMILES string of the molecule is CN=C(NCCCn1nc(C)cc1C)NCCc1cc(Br)ccc1F.I. The minimum atomic E-state index is -0.183. The van der Waals surface area contributed by atoms with Crippen LogP contribution in [-0.2, 0) is 13.0 Å². The van der Waals surface area contributed by atoms with Crippen LogP contribution in [0.15, 0.2) is 33.7 Å². The van der Waals surface area contributed by atoms with Crippen LogP contribution in [0, 0.1) is 19.7 Å². The Morgan fingerprint density at radius 1 is 1.23 bits per heavy atom. The van der Waals surface area contributed by atoms with Crippen LogP contribution in [0.2, 0.25) is 0 Å². The molecule has 1 aromatic heterocycles. The van der Waals surface area contributed by atoms with Crippen molar-refractivity contribution in [3.63, 3.8) is 0 Å². The zero-order valence-corrected chi connectivity index (χ0v) is 19.3. The van der Waals surface area contributed by atoms with Crippen molar-refractivity contribution in [3.05, 3.63) is 51.5 Å². The molecule has 0 atom stereocenters. The highest BCUT2D eigenvalue weighted by Gasteiger charge is 2.04. The number of aryl methyl sites for hydroxylation is 3. The predicted molar refractivity (Wildman–Crippen MR) is 119 cm³/mol. The van der Waals surface area contributed by atoms with Crippen LogP contribution in [0.3, 0.4) is 0 Å². The Bertz CT molecular complexity index is 732. The molecular formula is C18H26BrFIN5. The molecule has 0 radical (unpaired) electrons. The van der Waals surface area contributed by atoms with Gasteiger partial charge >= 0.3 is 0 Å². The molecule has 0 aliphatic carbocycles. The smallest absolute Gasteiger partial charge is 0.190 e. The predicted octanol–water partition coefficient (Wildman–Crippen LogP) is 3.82. The van der Waals surface area contributed by atoms with Gasteiger partial charge in [-0.05, 0) is 56.5 Å². The Hall–Kier alpha value is -1.16. The van der Waals surface area contributed by atoms with Crippen molar-refractivity contribution in [1.82, 2.24) is 20.4 Å². The Balaban J connectivity index is 0.00000338. The molecule has 1 aromatic carbocycles. The van der Waals surface area contributed by atoms with Gasteiger partial charge in [-0.1, -0.05) is 15.9 Å². The lowest BCUT2D eigenvalue weighted by atomic mass is 10.1. The minimum absolute atomic E-state index is 0. The van der Waals surface area contributed by atoms with E-state index in [1.807, 2.05) is 17.7 Å². The molecule has 0 saturated carbocycles. The van der Waals surface area contributed by atoms with Crippen molar-refractivity contribution in [2.24, 2.45) is 4.99 Å². The van der Waals surface area contributed by atoms with E-state index < -0.39 is 0 Å². The summed E-state index contributed by atoms with van der Waals surface area (Å²) in [7, 11) is 1.73. The van der Waals surface area contributed by atoms with E-state index in [1.165, 1.54) is 11.8 Å². The summed E-state index contributed by atoms with van der Waals surface area (Å²) in [5.41, 5.74) is 2.90. The summed E-state index contributed by atoms with van der Waals surface area (Å²) in [6, 6.07) is 7.07. The van der Waals surface area contributed by atoms with Gasteiger partial charge in [-0.3, -0.25) is 9.67 Å². The van der Waals surface area contributed by atoms with Gasteiger partial charge in [-0.25, -0.2) is 4.39 Å². The number of nitrogens with one attached hydrogen (secondary N) is 2. The normalized spacial score (nSPS) is 11.2. The molecule has 8 heteroatoms. The van der Waals surface area contributed by atoms with E-state index in [4.69, 9.17) is 0 Å². The number of benzene rings is 1. The van der Waals surface area contributed by atoms with Gasteiger partial charge in [0.15, 0.2) is 5.96 Å². The fourth-order valence-corrected chi connectivity index (χ4v) is 3.02. The number of nitrogens with zero attached hydrogens (tertiary/aromatic N) is 3. The summed E-state index contributed by atoms with van der Waals surface area (Å²) >= 11 is 3.37.